The van der Waals surface area contributed by atoms with Gasteiger partial charge < -0.3 is 14.8 Å². The number of anilines is 1. The maximum Gasteiger partial charge on any atom is 0.350 e. The zero-order valence-corrected chi connectivity index (χ0v) is 22.8. The van der Waals surface area contributed by atoms with E-state index in [1.807, 2.05) is 84.9 Å². The second-order valence-electron chi connectivity index (χ2n) is 8.26. The molecule has 2 heterocycles. The molecule has 0 aliphatic carbocycles. The summed E-state index contributed by atoms with van der Waals surface area (Å²) in [6.45, 7) is 1.72. The fourth-order valence-corrected chi connectivity index (χ4v) is 5.49. The molecule has 0 atom stereocenters. The molecule has 38 heavy (non-hydrogen) atoms. The first-order valence-electron chi connectivity index (χ1n) is 12.0. The van der Waals surface area contributed by atoms with E-state index in [9.17, 15) is 9.59 Å². The van der Waals surface area contributed by atoms with Gasteiger partial charge in [0, 0.05) is 10.9 Å². The molecule has 0 fully saturated rings. The van der Waals surface area contributed by atoms with Crippen LogP contribution < -0.4 is 10.1 Å². The number of rotatable bonds is 8. The van der Waals surface area contributed by atoms with Crippen LogP contribution in [0.15, 0.2) is 95.5 Å². The summed E-state index contributed by atoms with van der Waals surface area (Å²) in [5.74, 6) is -0.377. The van der Waals surface area contributed by atoms with Crippen molar-refractivity contribution in [3.05, 3.63) is 100 Å². The van der Waals surface area contributed by atoms with E-state index < -0.39 is 11.9 Å². The molecular formula is C30H23BrN2O4S. The highest BCUT2D eigenvalue weighted by Crippen LogP contribution is 2.43. The van der Waals surface area contributed by atoms with Crippen molar-refractivity contribution in [2.24, 2.45) is 0 Å². The fourth-order valence-electron chi connectivity index (χ4n) is 4.04. The van der Waals surface area contributed by atoms with Gasteiger partial charge in [-0.15, -0.1) is 11.3 Å². The molecule has 0 radical (unpaired) electrons. The number of esters is 1. The molecule has 0 spiro atoms. The van der Waals surface area contributed by atoms with E-state index in [1.54, 1.807) is 13.0 Å². The molecule has 1 N–H and O–H groups in total. The largest absolute Gasteiger partial charge is 0.483 e. The van der Waals surface area contributed by atoms with Crippen LogP contribution >= 0.6 is 27.3 Å². The summed E-state index contributed by atoms with van der Waals surface area (Å²) >= 11 is 4.62. The van der Waals surface area contributed by atoms with Crippen LogP contribution in [0.5, 0.6) is 5.75 Å². The maximum absolute atomic E-state index is 13.1. The van der Waals surface area contributed by atoms with Gasteiger partial charge in [0.15, 0.2) is 6.61 Å². The number of thiophene rings is 1. The van der Waals surface area contributed by atoms with E-state index in [2.05, 4.69) is 21.2 Å². The number of para-hydroxylation sites is 1. The van der Waals surface area contributed by atoms with Crippen molar-refractivity contribution < 1.29 is 19.1 Å². The van der Waals surface area contributed by atoms with E-state index in [4.69, 9.17) is 14.5 Å². The first-order valence-corrected chi connectivity index (χ1v) is 13.6. The average Bonchev–Trinajstić information content (AvgIpc) is 3.31. The molecule has 8 heteroatoms. The Bertz CT molecular complexity index is 1600. The van der Waals surface area contributed by atoms with Gasteiger partial charge in [-0.25, -0.2) is 9.78 Å². The van der Waals surface area contributed by atoms with Gasteiger partial charge in [-0.05, 0) is 52.2 Å². The fraction of sp³-hybridized carbons (Fsp3) is 0.100. The van der Waals surface area contributed by atoms with Crippen molar-refractivity contribution in [2.75, 3.05) is 18.5 Å². The summed E-state index contributed by atoms with van der Waals surface area (Å²) in [4.78, 5) is 31.9. The topological polar surface area (TPSA) is 77.5 Å². The third kappa shape index (κ3) is 5.46. The molecule has 3 aromatic carbocycles. The van der Waals surface area contributed by atoms with Gasteiger partial charge in [0.2, 0.25) is 0 Å². The van der Waals surface area contributed by atoms with Crippen LogP contribution in [0, 0.1) is 0 Å². The van der Waals surface area contributed by atoms with Crippen molar-refractivity contribution >= 4 is 55.0 Å². The third-order valence-corrected chi connectivity index (χ3v) is 7.46. The minimum absolute atomic E-state index is 0.208. The second-order valence-corrected chi connectivity index (χ2v) is 10.1. The van der Waals surface area contributed by atoms with Crippen molar-refractivity contribution in [1.82, 2.24) is 4.98 Å². The Morgan fingerprint density at radius 1 is 0.921 bits per heavy atom. The van der Waals surface area contributed by atoms with Gasteiger partial charge in [0.1, 0.15) is 15.5 Å². The van der Waals surface area contributed by atoms with Crippen LogP contribution in [0.2, 0.25) is 0 Å². The molecule has 0 bridgehead atoms. The molecule has 1 amide bonds. The van der Waals surface area contributed by atoms with Crippen LogP contribution in [-0.4, -0.2) is 30.1 Å². The summed E-state index contributed by atoms with van der Waals surface area (Å²) in [6.07, 6.45) is 0. The van der Waals surface area contributed by atoms with E-state index in [0.29, 0.717) is 21.7 Å². The average molecular weight is 587 g/mol. The van der Waals surface area contributed by atoms with Crippen molar-refractivity contribution in [1.29, 1.82) is 0 Å². The van der Waals surface area contributed by atoms with Gasteiger partial charge >= 0.3 is 5.97 Å². The lowest BCUT2D eigenvalue weighted by Crippen LogP contribution is -2.21. The number of halogens is 1. The van der Waals surface area contributed by atoms with Crippen LogP contribution in [-0.2, 0) is 9.53 Å². The molecule has 5 aromatic rings. The molecule has 6 nitrogen and oxygen atoms in total. The van der Waals surface area contributed by atoms with Crippen LogP contribution in [0.4, 0.5) is 5.69 Å². The minimum atomic E-state index is -0.516. The number of aromatic nitrogens is 1. The molecule has 2 aromatic heterocycles. The Balaban J connectivity index is 1.62. The lowest BCUT2D eigenvalue weighted by Gasteiger charge is -2.12. The third-order valence-electron chi connectivity index (χ3n) is 5.74. The number of hydrogen-bond donors (Lipinski definition) is 1. The summed E-state index contributed by atoms with van der Waals surface area (Å²) < 4.78 is 11.8. The quantitative estimate of drug-likeness (QED) is 0.189. The van der Waals surface area contributed by atoms with Gasteiger partial charge in [-0.2, -0.15) is 0 Å². The summed E-state index contributed by atoms with van der Waals surface area (Å²) in [7, 11) is 0. The maximum atomic E-state index is 13.1. The lowest BCUT2D eigenvalue weighted by atomic mass is 9.99. The van der Waals surface area contributed by atoms with E-state index >= 15 is 0 Å². The number of amides is 1. The minimum Gasteiger partial charge on any atom is -0.483 e. The van der Waals surface area contributed by atoms with Crippen LogP contribution in [0.1, 0.15) is 16.6 Å². The number of hydrogen-bond acceptors (Lipinski definition) is 6. The Morgan fingerprint density at radius 2 is 1.58 bits per heavy atom. The highest BCUT2D eigenvalue weighted by molar-refractivity contribution is 9.10. The molecular weight excluding hydrogens is 564 g/mol. The predicted molar refractivity (Wildman–Crippen MR) is 155 cm³/mol. The first-order chi connectivity index (χ1) is 18.5. The Hall–Kier alpha value is -4.01. The highest BCUT2D eigenvalue weighted by atomic mass is 79.9. The molecule has 190 valence electrons. The number of benzene rings is 3. The van der Waals surface area contributed by atoms with E-state index in [1.165, 1.54) is 11.3 Å². The Kier molecular flexibility index (Phi) is 7.81. The smallest absolute Gasteiger partial charge is 0.350 e. The van der Waals surface area contributed by atoms with Crippen LogP contribution in [0.25, 0.3) is 32.6 Å². The number of nitrogens with one attached hydrogen (secondary N) is 1. The predicted octanol–water partition coefficient (Wildman–Crippen LogP) is 7.59. The standard InChI is InChI=1S/C30H23BrN2O4S/c1-2-36-30(35)28-27(33-25(34)18-37-24-16-10-9-15-22(24)31)26-21(19-11-5-3-6-12-19)17-23(32-29(26)38-28)20-13-7-4-8-14-20/h3-17H,2,18H2,1H3,(H,33,34). The van der Waals surface area contributed by atoms with Gasteiger partial charge in [0.25, 0.3) is 5.91 Å². The molecule has 0 aliphatic heterocycles. The SMILES string of the molecule is CCOC(=O)c1sc2nc(-c3ccccc3)cc(-c3ccccc3)c2c1NC(=O)COc1ccccc1Br. The van der Waals surface area contributed by atoms with Crippen molar-refractivity contribution in [3.63, 3.8) is 0 Å². The van der Waals surface area contributed by atoms with E-state index in [0.717, 1.165) is 26.9 Å². The van der Waals surface area contributed by atoms with E-state index in [-0.39, 0.29) is 18.1 Å². The Morgan fingerprint density at radius 3 is 2.26 bits per heavy atom. The van der Waals surface area contributed by atoms with Gasteiger partial charge in [0.05, 0.1) is 22.5 Å². The lowest BCUT2D eigenvalue weighted by molar-refractivity contribution is -0.118. The normalized spacial score (nSPS) is 10.8. The monoisotopic (exact) mass is 586 g/mol. The summed E-state index contributed by atoms with van der Waals surface area (Å²) in [5.41, 5.74) is 3.87. The molecule has 0 saturated heterocycles. The highest BCUT2D eigenvalue weighted by Gasteiger charge is 2.25. The summed E-state index contributed by atoms with van der Waals surface area (Å²) in [6, 6.07) is 29.0. The van der Waals surface area contributed by atoms with Gasteiger partial charge in [-0.1, -0.05) is 72.8 Å². The number of carbonyl (C=O) groups is 2. The first kappa shape index (κ1) is 25.6. The zero-order chi connectivity index (χ0) is 26.5. The number of pyridine rings is 1. The number of ether oxygens (including phenoxy) is 2. The van der Waals surface area contributed by atoms with Crippen LogP contribution in [0.3, 0.4) is 0 Å². The number of fused-ring (bicyclic) bond motifs is 1. The molecule has 5 rings (SSSR count). The van der Waals surface area contributed by atoms with Gasteiger partial charge in [-0.3, -0.25) is 4.79 Å². The molecule has 0 saturated carbocycles. The number of nitrogens with zero attached hydrogens (tertiary/aromatic N) is 1. The molecule has 0 unspecified atom stereocenters. The Labute approximate surface area is 232 Å². The second kappa shape index (κ2) is 11.6. The van der Waals surface area contributed by atoms with Crippen molar-refractivity contribution in [3.8, 4) is 28.1 Å². The zero-order valence-electron chi connectivity index (χ0n) is 20.4. The number of carbonyl (C=O) groups excluding carboxylic acids is 2. The summed E-state index contributed by atoms with van der Waals surface area (Å²) in [5, 5.41) is 3.60. The van der Waals surface area contributed by atoms with Crippen molar-refractivity contribution in [2.45, 2.75) is 6.92 Å². The molecule has 0 aliphatic rings.